The van der Waals surface area contributed by atoms with Crippen LogP contribution in [0.5, 0.6) is 0 Å². The Morgan fingerprint density at radius 1 is 1.19 bits per heavy atom. The Morgan fingerprint density at radius 3 is 2.67 bits per heavy atom. The van der Waals surface area contributed by atoms with E-state index in [0.29, 0.717) is 41.4 Å². The van der Waals surface area contributed by atoms with Gasteiger partial charge in [-0.3, -0.25) is 14.5 Å². The summed E-state index contributed by atoms with van der Waals surface area (Å²) in [6.07, 6.45) is 11.0. The number of hydrogen-bond acceptors (Lipinski definition) is 6. The van der Waals surface area contributed by atoms with Crippen LogP contribution in [0.25, 0.3) is 11.8 Å². The maximum Gasteiger partial charge on any atom is 0.191 e. The lowest BCUT2D eigenvalue weighted by atomic mass is 9.60. The Morgan fingerprint density at radius 2 is 1.98 bits per heavy atom. The molecule has 0 aliphatic heterocycles. The third-order valence-corrected chi connectivity index (χ3v) is 11.0. The number of carbonyl (C=O) groups is 1. The monoisotopic (exact) mass is 605 g/mol. The molecule has 7 rings (SSSR count). The molecule has 0 radical (unpaired) electrons. The zero-order valence-corrected chi connectivity index (χ0v) is 24.6. The standard InChI is InChI=1S/C30H29ClFN7O2S/c1-37-18-28(35-36-37)42(2,41)39(24-9-10-24)25-6-3-20-13-27-19(17-34-38(27)23-7-4-22(32)5-8-23)15-30(20,16-25)29(40)26-14-21(31)11-12-33-26/h4-5,7-8,11-14,17-18,24-25H,2-3,6,9-10,15-16H2,1H3/t25-,30-,42?/m0/s1. The number of pyridine rings is 1. The highest BCUT2D eigenvalue weighted by atomic mass is 35.5. The second kappa shape index (κ2) is 9.96. The summed E-state index contributed by atoms with van der Waals surface area (Å²) in [5.74, 6) is 3.74. The first-order valence-corrected chi connectivity index (χ1v) is 15.9. The van der Waals surface area contributed by atoms with E-state index in [4.69, 9.17) is 11.6 Å². The van der Waals surface area contributed by atoms with Crippen molar-refractivity contribution in [3.05, 3.63) is 88.4 Å². The molecule has 3 heterocycles. The number of nitrogens with zero attached hydrogens (tertiary/aromatic N) is 7. The molecular weight excluding hydrogens is 577 g/mol. The molecule has 0 amide bonds. The predicted octanol–water partition coefficient (Wildman–Crippen LogP) is 4.70. The maximum atomic E-state index is 14.5. The molecule has 216 valence electrons. The highest BCUT2D eigenvalue weighted by molar-refractivity contribution is 7.98. The Hall–Kier alpha value is -3.67. The van der Waals surface area contributed by atoms with Crippen LogP contribution in [0.3, 0.4) is 0 Å². The van der Waals surface area contributed by atoms with Gasteiger partial charge >= 0.3 is 0 Å². The van der Waals surface area contributed by atoms with E-state index in [9.17, 15) is 13.4 Å². The predicted molar refractivity (Wildman–Crippen MR) is 158 cm³/mol. The first-order chi connectivity index (χ1) is 20.2. The number of aryl methyl sites for hydroxylation is 1. The van der Waals surface area contributed by atoms with Crippen LogP contribution < -0.4 is 0 Å². The summed E-state index contributed by atoms with van der Waals surface area (Å²) in [7, 11) is -1.21. The van der Waals surface area contributed by atoms with Crippen molar-refractivity contribution >= 4 is 39.0 Å². The van der Waals surface area contributed by atoms with Crippen LogP contribution in [-0.2, 0) is 23.2 Å². The molecule has 1 aromatic carbocycles. The van der Waals surface area contributed by atoms with Crippen molar-refractivity contribution in [1.82, 2.24) is 34.1 Å². The van der Waals surface area contributed by atoms with Gasteiger partial charge in [-0.05, 0) is 92.4 Å². The van der Waals surface area contributed by atoms with Crippen molar-refractivity contribution in [3.8, 4) is 5.69 Å². The summed E-state index contributed by atoms with van der Waals surface area (Å²) in [4.78, 5) is 19.0. The molecular formula is C30H29ClFN7O2S. The molecule has 12 heteroatoms. The average Bonchev–Trinajstić information content (AvgIpc) is 3.55. The summed E-state index contributed by atoms with van der Waals surface area (Å²) in [5.41, 5.74) is 2.85. The van der Waals surface area contributed by atoms with Gasteiger partial charge in [0, 0.05) is 30.4 Å². The fourth-order valence-electron chi connectivity index (χ4n) is 6.55. The SMILES string of the molecule is C=S(=O)(c1cn(C)nn1)N(C1CC1)[C@H]1CCC2=Cc3c(cnn3-c3ccc(F)cc3)C[C@]2(C(=O)c2cc(Cl)ccn2)C1. The summed E-state index contributed by atoms with van der Waals surface area (Å²) >= 11 is 6.31. The molecule has 0 N–H and O–H groups in total. The second-order valence-corrected chi connectivity index (χ2v) is 14.0. The van der Waals surface area contributed by atoms with Gasteiger partial charge in [-0.25, -0.2) is 17.6 Å². The topological polar surface area (TPSA) is 98.8 Å². The van der Waals surface area contributed by atoms with Crippen molar-refractivity contribution in [3.63, 3.8) is 0 Å². The fourth-order valence-corrected chi connectivity index (χ4v) is 8.76. The van der Waals surface area contributed by atoms with Crippen molar-refractivity contribution in [2.24, 2.45) is 12.5 Å². The first kappa shape index (κ1) is 27.2. The largest absolute Gasteiger partial charge is 0.291 e. The highest BCUT2D eigenvalue weighted by Gasteiger charge is 2.53. The van der Waals surface area contributed by atoms with Crippen molar-refractivity contribution < 1.29 is 13.4 Å². The van der Waals surface area contributed by atoms with Gasteiger partial charge in [-0.15, -0.1) is 5.10 Å². The molecule has 1 unspecified atom stereocenters. The number of hydrogen-bond donors (Lipinski definition) is 0. The molecule has 9 nitrogen and oxygen atoms in total. The zero-order valence-electron chi connectivity index (χ0n) is 23.0. The number of ketones is 1. The number of carbonyl (C=O) groups excluding carboxylic acids is 1. The van der Waals surface area contributed by atoms with E-state index in [2.05, 4.69) is 32.3 Å². The molecule has 42 heavy (non-hydrogen) atoms. The smallest absolute Gasteiger partial charge is 0.191 e. The molecule has 0 spiro atoms. The van der Waals surface area contributed by atoms with Gasteiger partial charge in [-0.1, -0.05) is 22.4 Å². The number of benzene rings is 1. The van der Waals surface area contributed by atoms with Crippen molar-refractivity contribution in [1.29, 1.82) is 0 Å². The quantitative estimate of drug-likeness (QED) is 0.224. The second-order valence-electron chi connectivity index (χ2n) is 11.4. The van der Waals surface area contributed by atoms with Crippen LogP contribution >= 0.6 is 11.6 Å². The molecule has 0 bridgehead atoms. The highest BCUT2D eigenvalue weighted by Crippen LogP contribution is 2.52. The lowest BCUT2D eigenvalue weighted by Gasteiger charge is -2.47. The first-order valence-electron chi connectivity index (χ1n) is 13.9. The van der Waals surface area contributed by atoms with Gasteiger partial charge in [0.1, 0.15) is 11.5 Å². The van der Waals surface area contributed by atoms with Gasteiger partial charge < -0.3 is 0 Å². The summed E-state index contributed by atoms with van der Waals surface area (Å²) in [6.45, 7) is 0. The lowest BCUT2D eigenvalue weighted by molar-refractivity contribution is 0.0736. The van der Waals surface area contributed by atoms with Crippen molar-refractivity contribution in [2.75, 3.05) is 0 Å². The van der Waals surface area contributed by atoms with Gasteiger partial charge in [-0.2, -0.15) is 5.10 Å². The zero-order chi connectivity index (χ0) is 29.2. The Bertz CT molecular complexity index is 1840. The van der Waals surface area contributed by atoms with E-state index >= 15 is 0 Å². The number of fused-ring (bicyclic) bond motifs is 2. The Labute approximate surface area is 248 Å². The van der Waals surface area contributed by atoms with Crippen LogP contribution in [0, 0.1) is 11.2 Å². The van der Waals surface area contributed by atoms with E-state index in [-0.39, 0.29) is 23.7 Å². The van der Waals surface area contributed by atoms with E-state index in [1.165, 1.54) is 16.8 Å². The molecule has 0 saturated heterocycles. The normalized spacial score (nSPS) is 23.1. The van der Waals surface area contributed by atoms with E-state index in [1.807, 2.05) is 4.31 Å². The maximum absolute atomic E-state index is 14.5. The van der Waals surface area contributed by atoms with Crippen molar-refractivity contribution in [2.45, 2.75) is 55.6 Å². The van der Waals surface area contributed by atoms with Crippen LogP contribution in [-0.4, -0.2) is 62.0 Å². The molecule has 2 saturated carbocycles. The molecule has 3 aliphatic rings. The van der Waals surface area contributed by atoms with Gasteiger partial charge in [0.05, 0.1) is 38.9 Å². The molecule has 3 aromatic heterocycles. The van der Waals surface area contributed by atoms with E-state index < -0.39 is 15.1 Å². The van der Waals surface area contributed by atoms with Gasteiger partial charge in [0.15, 0.2) is 10.8 Å². The van der Waals surface area contributed by atoms with Gasteiger partial charge in [0.25, 0.3) is 0 Å². The molecule has 4 aromatic rings. The lowest BCUT2D eigenvalue weighted by Crippen LogP contribution is -2.51. The Balaban J connectivity index is 1.32. The number of halogens is 2. The van der Waals surface area contributed by atoms with Crippen LogP contribution in [0.2, 0.25) is 5.02 Å². The van der Waals surface area contributed by atoms with Crippen LogP contribution in [0.4, 0.5) is 4.39 Å². The van der Waals surface area contributed by atoms with Crippen LogP contribution in [0.1, 0.15) is 53.8 Å². The molecule has 3 atom stereocenters. The minimum absolute atomic E-state index is 0.101. The van der Waals surface area contributed by atoms with E-state index in [1.54, 1.807) is 54.6 Å². The Kier molecular flexibility index (Phi) is 6.45. The number of allylic oxidation sites excluding steroid dienone is 1. The summed E-state index contributed by atoms with van der Waals surface area (Å²) < 4.78 is 33.3. The number of aromatic nitrogens is 6. The minimum atomic E-state index is -2.95. The number of Topliss-reactive ketones (excluding diaryl/α,β-unsaturated/α-hetero) is 1. The average molecular weight is 606 g/mol. The number of rotatable bonds is 7. The molecule has 2 fully saturated rings. The third-order valence-electron chi connectivity index (χ3n) is 8.61. The minimum Gasteiger partial charge on any atom is -0.291 e. The fraction of sp³-hybridized carbons (Fsp3) is 0.333. The van der Waals surface area contributed by atoms with Gasteiger partial charge in [0.2, 0.25) is 0 Å². The summed E-state index contributed by atoms with van der Waals surface area (Å²) in [6, 6.07) is 9.36. The third kappa shape index (κ3) is 4.50. The molecule has 3 aliphatic carbocycles. The van der Waals surface area contributed by atoms with E-state index in [0.717, 1.165) is 35.4 Å². The van der Waals surface area contributed by atoms with Crippen LogP contribution in [0.15, 0.2) is 65.6 Å². The summed E-state index contributed by atoms with van der Waals surface area (Å²) in [5, 5.41) is 13.6.